The van der Waals surface area contributed by atoms with Crippen molar-refractivity contribution < 1.29 is 4.79 Å². The number of hydrogen-bond acceptors (Lipinski definition) is 4. The van der Waals surface area contributed by atoms with Gasteiger partial charge in [0.2, 0.25) is 0 Å². The largest absolute Gasteiger partial charge is 0.337 e. The molecule has 0 aromatic carbocycles. The fourth-order valence-corrected chi connectivity index (χ4v) is 3.86. The Balaban J connectivity index is 1.70. The lowest BCUT2D eigenvalue weighted by atomic mass is 10.1. The third-order valence-electron chi connectivity index (χ3n) is 4.17. The second kappa shape index (κ2) is 4.43. The van der Waals surface area contributed by atoms with Crippen molar-refractivity contribution in [3.05, 3.63) is 40.1 Å². The second-order valence-corrected chi connectivity index (χ2v) is 6.45. The number of carbonyl (C=O) groups is 1. The van der Waals surface area contributed by atoms with E-state index >= 15 is 0 Å². The van der Waals surface area contributed by atoms with E-state index in [0.29, 0.717) is 12.6 Å². The van der Waals surface area contributed by atoms with E-state index in [1.54, 1.807) is 11.3 Å². The molecule has 0 aliphatic carbocycles. The SMILES string of the molecule is Cc1nc(CN2C(=O)c3cccn3[C@@H]3CNC[C@@H]32)cs1. The van der Waals surface area contributed by atoms with Crippen LogP contribution in [-0.2, 0) is 6.54 Å². The highest BCUT2D eigenvalue weighted by Crippen LogP contribution is 2.31. The quantitative estimate of drug-likeness (QED) is 0.909. The van der Waals surface area contributed by atoms with Crippen molar-refractivity contribution in [2.75, 3.05) is 13.1 Å². The molecule has 5 nitrogen and oxygen atoms in total. The Hall–Kier alpha value is -1.66. The molecular formula is C14H16N4OS. The zero-order valence-electron chi connectivity index (χ0n) is 11.2. The zero-order chi connectivity index (χ0) is 13.7. The number of nitrogens with zero attached hydrogens (tertiary/aromatic N) is 3. The Labute approximate surface area is 121 Å². The summed E-state index contributed by atoms with van der Waals surface area (Å²) in [7, 11) is 0. The Morgan fingerprint density at radius 2 is 2.30 bits per heavy atom. The smallest absolute Gasteiger partial charge is 0.271 e. The summed E-state index contributed by atoms with van der Waals surface area (Å²) in [6.45, 7) is 4.39. The third-order valence-corrected chi connectivity index (χ3v) is 4.99. The van der Waals surface area contributed by atoms with Crippen molar-refractivity contribution in [1.29, 1.82) is 0 Å². The van der Waals surface area contributed by atoms with Gasteiger partial charge in [-0.3, -0.25) is 4.79 Å². The molecule has 2 aromatic rings. The van der Waals surface area contributed by atoms with Gasteiger partial charge in [0.15, 0.2) is 0 Å². The fraction of sp³-hybridized carbons (Fsp3) is 0.429. The van der Waals surface area contributed by atoms with Gasteiger partial charge in [0.05, 0.1) is 29.3 Å². The van der Waals surface area contributed by atoms with Gasteiger partial charge in [-0.25, -0.2) is 4.98 Å². The number of fused-ring (bicyclic) bond motifs is 3. The Kier molecular flexibility index (Phi) is 2.68. The first-order valence-electron chi connectivity index (χ1n) is 6.83. The molecule has 1 saturated heterocycles. The number of amides is 1. The monoisotopic (exact) mass is 288 g/mol. The van der Waals surface area contributed by atoms with Crippen LogP contribution in [0.4, 0.5) is 0 Å². The zero-order valence-corrected chi connectivity index (χ0v) is 12.1. The average Bonchev–Trinajstić information content (AvgIpc) is 3.13. The fourth-order valence-electron chi connectivity index (χ4n) is 3.26. The maximum absolute atomic E-state index is 12.7. The summed E-state index contributed by atoms with van der Waals surface area (Å²) in [5.41, 5.74) is 1.79. The van der Waals surface area contributed by atoms with Gasteiger partial charge in [0, 0.05) is 24.7 Å². The number of aryl methyl sites for hydroxylation is 1. The van der Waals surface area contributed by atoms with E-state index < -0.39 is 0 Å². The van der Waals surface area contributed by atoms with Gasteiger partial charge >= 0.3 is 0 Å². The van der Waals surface area contributed by atoms with Crippen LogP contribution in [-0.4, -0.2) is 39.5 Å². The summed E-state index contributed by atoms with van der Waals surface area (Å²) in [5.74, 6) is 0.116. The summed E-state index contributed by atoms with van der Waals surface area (Å²) in [6.07, 6.45) is 2.02. The maximum Gasteiger partial charge on any atom is 0.271 e. The van der Waals surface area contributed by atoms with E-state index in [2.05, 4.69) is 14.9 Å². The number of carbonyl (C=O) groups excluding carboxylic acids is 1. The minimum absolute atomic E-state index is 0.116. The van der Waals surface area contributed by atoms with Crippen LogP contribution in [0.1, 0.15) is 27.2 Å². The molecule has 4 rings (SSSR count). The van der Waals surface area contributed by atoms with Crippen LogP contribution in [0.5, 0.6) is 0 Å². The highest BCUT2D eigenvalue weighted by atomic mass is 32.1. The first-order valence-corrected chi connectivity index (χ1v) is 7.71. The van der Waals surface area contributed by atoms with E-state index in [9.17, 15) is 4.79 Å². The van der Waals surface area contributed by atoms with Crippen LogP contribution in [0.3, 0.4) is 0 Å². The lowest BCUT2D eigenvalue weighted by Crippen LogP contribution is -2.49. The highest BCUT2D eigenvalue weighted by molar-refractivity contribution is 7.09. The molecule has 1 fully saturated rings. The van der Waals surface area contributed by atoms with E-state index in [1.165, 1.54) is 0 Å². The molecule has 2 aliphatic heterocycles. The van der Waals surface area contributed by atoms with E-state index in [1.807, 2.05) is 35.5 Å². The number of rotatable bonds is 2. The molecule has 0 radical (unpaired) electrons. The topological polar surface area (TPSA) is 50.2 Å². The summed E-state index contributed by atoms with van der Waals surface area (Å²) in [5, 5.41) is 6.50. The molecule has 2 aromatic heterocycles. The van der Waals surface area contributed by atoms with Crippen molar-refractivity contribution in [2.24, 2.45) is 0 Å². The molecule has 0 unspecified atom stereocenters. The predicted molar refractivity (Wildman–Crippen MR) is 76.9 cm³/mol. The molecule has 2 atom stereocenters. The summed E-state index contributed by atoms with van der Waals surface area (Å²) in [6, 6.07) is 4.44. The van der Waals surface area contributed by atoms with Crippen molar-refractivity contribution >= 4 is 17.2 Å². The third kappa shape index (κ3) is 1.72. The van der Waals surface area contributed by atoms with Crippen LogP contribution in [0.25, 0.3) is 0 Å². The first kappa shape index (κ1) is 12.1. The van der Waals surface area contributed by atoms with Gasteiger partial charge in [-0.05, 0) is 19.1 Å². The lowest BCUT2D eigenvalue weighted by Gasteiger charge is -2.38. The van der Waals surface area contributed by atoms with E-state index in [4.69, 9.17) is 0 Å². The Morgan fingerprint density at radius 1 is 1.45 bits per heavy atom. The number of thiazole rings is 1. The number of nitrogens with one attached hydrogen (secondary N) is 1. The number of aromatic nitrogens is 2. The van der Waals surface area contributed by atoms with Crippen LogP contribution in [0, 0.1) is 6.92 Å². The molecule has 1 N–H and O–H groups in total. The minimum atomic E-state index is 0.116. The molecule has 0 bridgehead atoms. The first-order chi connectivity index (χ1) is 9.74. The van der Waals surface area contributed by atoms with Crippen molar-refractivity contribution in [2.45, 2.75) is 25.6 Å². The standard InChI is InChI=1S/C14H16N4OS/c1-9-16-10(8-20-9)7-18-13-6-15-5-12(13)17-4-2-3-11(17)14(18)19/h2-4,8,12-13,15H,5-7H2,1H3/t12-,13+/m1/s1. The summed E-state index contributed by atoms with van der Waals surface area (Å²) < 4.78 is 2.12. The maximum atomic E-state index is 12.7. The lowest BCUT2D eigenvalue weighted by molar-refractivity contribution is 0.0559. The average molecular weight is 288 g/mol. The van der Waals surface area contributed by atoms with E-state index in [0.717, 1.165) is 29.5 Å². The van der Waals surface area contributed by atoms with Crippen LogP contribution in [0.15, 0.2) is 23.7 Å². The van der Waals surface area contributed by atoms with Gasteiger partial charge < -0.3 is 14.8 Å². The molecule has 0 saturated carbocycles. The summed E-state index contributed by atoms with van der Waals surface area (Å²) >= 11 is 1.64. The molecule has 0 spiro atoms. The number of hydrogen-bond donors (Lipinski definition) is 1. The van der Waals surface area contributed by atoms with Gasteiger partial charge in [-0.1, -0.05) is 0 Å². The van der Waals surface area contributed by atoms with Crippen molar-refractivity contribution in [3.63, 3.8) is 0 Å². The van der Waals surface area contributed by atoms with Crippen LogP contribution >= 0.6 is 11.3 Å². The molecule has 4 heterocycles. The molecule has 2 aliphatic rings. The van der Waals surface area contributed by atoms with E-state index in [-0.39, 0.29) is 11.9 Å². The Morgan fingerprint density at radius 3 is 3.10 bits per heavy atom. The van der Waals surface area contributed by atoms with Gasteiger partial charge in [0.1, 0.15) is 5.69 Å². The van der Waals surface area contributed by atoms with Crippen LogP contribution < -0.4 is 5.32 Å². The normalized spacial score (nSPS) is 24.9. The minimum Gasteiger partial charge on any atom is -0.337 e. The van der Waals surface area contributed by atoms with Crippen molar-refractivity contribution in [3.8, 4) is 0 Å². The summed E-state index contributed by atoms with van der Waals surface area (Å²) in [4.78, 5) is 19.2. The van der Waals surface area contributed by atoms with Crippen LogP contribution in [0.2, 0.25) is 0 Å². The Bertz CT molecular complexity index is 662. The van der Waals surface area contributed by atoms with Gasteiger partial charge in [-0.2, -0.15) is 0 Å². The highest BCUT2D eigenvalue weighted by Gasteiger charge is 2.42. The van der Waals surface area contributed by atoms with Crippen molar-refractivity contribution in [1.82, 2.24) is 19.8 Å². The molecule has 1 amide bonds. The molecule has 104 valence electrons. The predicted octanol–water partition coefficient (Wildman–Crippen LogP) is 1.42. The van der Waals surface area contributed by atoms with Gasteiger partial charge in [0.25, 0.3) is 5.91 Å². The molecule has 20 heavy (non-hydrogen) atoms. The second-order valence-electron chi connectivity index (χ2n) is 5.38. The molecular weight excluding hydrogens is 272 g/mol. The van der Waals surface area contributed by atoms with Gasteiger partial charge in [-0.15, -0.1) is 11.3 Å². The molecule has 6 heteroatoms.